The predicted molar refractivity (Wildman–Crippen MR) is 78.5 cm³/mol. The van der Waals surface area contributed by atoms with E-state index >= 15 is 0 Å². The number of pyridine rings is 1. The van der Waals surface area contributed by atoms with E-state index in [1.165, 1.54) is 6.42 Å². The summed E-state index contributed by atoms with van der Waals surface area (Å²) in [4.78, 5) is 6.96. The van der Waals surface area contributed by atoms with E-state index in [-0.39, 0.29) is 0 Å². The number of nitrogens with zero attached hydrogens (tertiary/aromatic N) is 2. The zero-order valence-electron chi connectivity index (χ0n) is 11.2. The lowest BCUT2D eigenvalue weighted by atomic mass is 9.97. The van der Waals surface area contributed by atoms with Gasteiger partial charge >= 0.3 is 0 Å². The molecule has 1 aromatic heterocycles. The van der Waals surface area contributed by atoms with Gasteiger partial charge < -0.3 is 5.32 Å². The monoisotopic (exact) mass is 311 g/mol. The van der Waals surface area contributed by atoms with Crippen LogP contribution in [-0.4, -0.2) is 35.6 Å². The van der Waals surface area contributed by atoms with Gasteiger partial charge in [0.2, 0.25) is 0 Å². The molecule has 0 radical (unpaired) electrons. The highest BCUT2D eigenvalue weighted by Gasteiger charge is 2.23. The molecule has 1 aliphatic rings. The van der Waals surface area contributed by atoms with Gasteiger partial charge in [-0.15, -0.1) is 0 Å². The molecule has 4 heteroatoms. The number of halogens is 1. The van der Waals surface area contributed by atoms with Crippen molar-refractivity contribution in [2.75, 3.05) is 19.6 Å². The van der Waals surface area contributed by atoms with E-state index in [9.17, 15) is 0 Å². The first kappa shape index (κ1) is 14.0. The molecule has 1 saturated heterocycles. The Morgan fingerprint density at radius 1 is 1.56 bits per heavy atom. The highest BCUT2D eigenvalue weighted by Crippen LogP contribution is 2.14. The van der Waals surface area contributed by atoms with Crippen molar-refractivity contribution in [1.82, 2.24) is 15.2 Å². The number of hydrogen-bond acceptors (Lipinski definition) is 3. The smallest absolute Gasteiger partial charge is 0.0544 e. The quantitative estimate of drug-likeness (QED) is 0.926. The van der Waals surface area contributed by atoms with Gasteiger partial charge in [-0.25, -0.2) is 0 Å². The van der Waals surface area contributed by atoms with Crippen LogP contribution in [0.2, 0.25) is 0 Å². The molecule has 18 heavy (non-hydrogen) atoms. The average Bonchev–Trinajstić information content (AvgIpc) is 2.41. The third-order valence-electron chi connectivity index (χ3n) is 3.79. The summed E-state index contributed by atoms with van der Waals surface area (Å²) in [6.45, 7) is 8.89. The van der Waals surface area contributed by atoms with E-state index in [0.29, 0.717) is 6.04 Å². The Hall–Kier alpha value is -0.450. The minimum atomic E-state index is 0.624. The average molecular weight is 312 g/mol. The molecule has 0 aliphatic carbocycles. The summed E-state index contributed by atoms with van der Waals surface area (Å²) in [6.07, 6.45) is 3.12. The van der Waals surface area contributed by atoms with Gasteiger partial charge in [0.15, 0.2) is 0 Å². The molecule has 0 bridgehead atoms. The van der Waals surface area contributed by atoms with Crippen LogP contribution >= 0.6 is 15.9 Å². The minimum absolute atomic E-state index is 0.624. The maximum absolute atomic E-state index is 4.45. The second-order valence-electron chi connectivity index (χ2n) is 5.15. The molecule has 3 nitrogen and oxygen atoms in total. The van der Waals surface area contributed by atoms with Gasteiger partial charge in [-0.2, -0.15) is 0 Å². The second-order valence-corrected chi connectivity index (χ2v) is 6.06. The van der Waals surface area contributed by atoms with Crippen molar-refractivity contribution in [2.24, 2.45) is 5.92 Å². The molecule has 0 saturated carbocycles. The van der Waals surface area contributed by atoms with E-state index in [1.54, 1.807) is 0 Å². The molecule has 1 fully saturated rings. The van der Waals surface area contributed by atoms with Crippen LogP contribution in [0.3, 0.4) is 0 Å². The van der Waals surface area contributed by atoms with Crippen molar-refractivity contribution < 1.29 is 0 Å². The van der Waals surface area contributed by atoms with Gasteiger partial charge in [0.05, 0.1) is 5.69 Å². The summed E-state index contributed by atoms with van der Waals surface area (Å²) in [5, 5.41) is 3.63. The molecule has 2 atom stereocenters. The second kappa shape index (κ2) is 6.64. The lowest BCUT2D eigenvalue weighted by molar-refractivity contribution is 0.161. The first-order valence-corrected chi connectivity index (χ1v) is 7.54. The fraction of sp³-hybridized carbons (Fsp3) is 0.643. The van der Waals surface area contributed by atoms with E-state index in [2.05, 4.69) is 57.1 Å². The molecule has 1 N–H and O–H groups in total. The standard InChI is InChI=1S/C14H22BrN3/c1-3-11(2)14-10-18(7-6-16-14)9-13-5-4-12(15)8-17-13/h4-5,8,11,14,16H,3,6-7,9-10H2,1-2H3. The third kappa shape index (κ3) is 3.77. The maximum atomic E-state index is 4.45. The normalized spacial score (nSPS) is 22.9. The molecule has 2 unspecified atom stereocenters. The Morgan fingerprint density at radius 3 is 3.06 bits per heavy atom. The highest BCUT2D eigenvalue weighted by molar-refractivity contribution is 9.10. The van der Waals surface area contributed by atoms with Gasteiger partial charge in [-0.1, -0.05) is 20.3 Å². The molecule has 100 valence electrons. The largest absolute Gasteiger partial charge is 0.311 e. The zero-order valence-corrected chi connectivity index (χ0v) is 12.8. The fourth-order valence-electron chi connectivity index (χ4n) is 2.38. The maximum Gasteiger partial charge on any atom is 0.0544 e. The van der Waals surface area contributed by atoms with Crippen molar-refractivity contribution >= 4 is 15.9 Å². The summed E-state index contributed by atoms with van der Waals surface area (Å²) >= 11 is 3.42. The first-order chi connectivity index (χ1) is 8.69. The number of rotatable bonds is 4. The van der Waals surface area contributed by atoms with Crippen molar-refractivity contribution in [3.63, 3.8) is 0 Å². The molecule has 0 spiro atoms. The van der Waals surface area contributed by atoms with Crippen LogP contribution in [0.5, 0.6) is 0 Å². The molecule has 2 heterocycles. The summed E-state index contributed by atoms with van der Waals surface area (Å²) in [6, 6.07) is 4.79. The molecule has 1 aliphatic heterocycles. The van der Waals surface area contributed by atoms with Gasteiger partial charge in [0, 0.05) is 42.9 Å². The topological polar surface area (TPSA) is 28.2 Å². The SMILES string of the molecule is CCC(C)C1CN(Cc2ccc(Br)cn2)CCN1. The Kier molecular flexibility index (Phi) is 5.15. The summed E-state index contributed by atoms with van der Waals surface area (Å²) in [5.41, 5.74) is 1.16. The molecule has 1 aromatic rings. The lowest BCUT2D eigenvalue weighted by Gasteiger charge is -2.36. The number of piperazine rings is 1. The Morgan fingerprint density at radius 2 is 2.39 bits per heavy atom. The Balaban J connectivity index is 1.91. The lowest BCUT2D eigenvalue weighted by Crippen LogP contribution is -2.52. The summed E-state index contributed by atoms with van der Waals surface area (Å²) in [5.74, 6) is 0.741. The Labute approximate surface area is 118 Å². The van der Waals surface area contributed by atoms with E-state index in [4.69, 9.17) is 0 Å². The van der Waals surface area contributed by atoms with E-state index in [1.807, 2.05) is 6.20 Å². The first-order valence-electron chi connectivity index (χ1n) is 6.75. The van der Waals surface area contributed by atoms with Crippen LogP contribution in [0.25, 0.3) is 0 Å². The number of aromatic nitrogens is 1. The molecular formula is C14H22BrN3. The van der Waals surface area contributed by atoms with Crippen LogP contribution < -0.4 is 5.32 Å². The van der Waals surface area contributed by atoms with Crippen molar-refractivity contribution in [3.05, 3.63) is 28.5 Å². The van der Waals surface area contributed by atoms with Gasteiger partial charge in [-0.3, -0.25) is 9.88 Å². The van der Waals surface area contributed by atoms with Crippen molar-refractivity contribution in [3.8, 4) is 0 Å². The van der Waals surface area contributed by atoms with Crippen LogP contribution in [0.1, 0.15) is 26.0 Å². The van der Waals surface area contributed by atoms with E-state index < -0.39 is 0 Å². The fourth-order valence-corrected chi connectivity index (χ4v) is 2.61. The van der Waals surface area contributed by atoms with Gasteiger partial charge in [0.25, 0.3) is 0 Å². The van der Waals surface area contributed by atoms with Crippen LogP contribution in [0.4, 0.5) is 0 Å². The van der Waals surface area contributed by atoms with Crippen molar-refractivity contribution in [2.45, 2.75) is 32.9 Å². The molecule has 0 amide bonds. The van der Waals surface area contributed by atoms with Crippen LogP contribution in [0, 0.1) is 5.92 Å². The van der Waals surface area contributed by atoms with Gasteiger partial charge in [0.1, 0.15) is 0 Å². The number of hydrogen-bond donors (Lipinski definition) is 1. The number of nitrogens with one attached hydrogen (secondary N) is 1. The molecular weight excluding hydrogens is 290 g/mol. The minimum Gasteiger partial charge on any atom is -0.311 e. The molecule has 2 rings (SSSR count). The molecule has 0 aromatic carbocycles. The van der Waals surface area contributed by atoms with Crippen LogP contribution in [-0.2, 0) is 6.54 Å². The Bertz CT molecular complexity index is 366. The van der Waals surface area contributed by atoms with Crippen LogP contribution in [0.15, 0.2) is 22.8 Å². The van der Waals surface area contributed by atoms with E-state index in [0.717, 1.165) is 42.3 Å². The summed E-state index contributed by atoms with van der Waals surface area (Å²) in [7, 11) is 0. The zero-order chi connectivity index (χ0) is 13.0. The van der Waals surface area contributed by atoms with Crippen molar-refractivity contribution in [1.29, 1.82) is 0 Å². The van der Waals surface area contributed by atoms with Gasteiger partial charge in [-0.05, 0) is 34.0 Å². The highest BCUT2D eigenvalue weighted by atomic mass is 79.9. The summed E-state index contributed by atoms with van der Waals surface area (Å²) < 4.78 is 1.05. The predicted octanol–water partition coefficient (Wildman–Crippen LogP) is 2.66. The third-order valence-corrected chi connectivity index (χ3v) is 4.26.